The molecular weight excluding hydrogens is 817 g/mol. The van der Waals surface area contributed by atoms with Crippen molar-refractivity contribution in [1.29, 1.82) is 0 Å². The van der Waals surface area contributed by atoms with E-state index in [1.807, 2.05) is 0 Å². The standard InChI is InChI=1S/C60H106O6/c1-4-7-10-13-16-19-21-23-25-27-29-30-32-33-35-37-39-41-44-47-50-53-59(62)65-56-57(55-64-58(61)52-49-46-43-18-15-12-9-6-3)66-60(63)54-51-48-45-42-40-38-36-34-31-28-26-24-22-20-17-14-11-8-5-2/h7,10,16,19,23-26,29-30,57H,4-6,8-9,11-15,17-18,20-22,27-28,31-56H2,1-3H3/b10-7-,19-16-,25-23-,26-24-,30-29-. The summed E-state index contributed by atoms with van der Waals surface area (Å²) in [7, 11) is 0. The third kappa shape index (κ3) is 52.1. The first-order valence-corrected chi connectivity index (χ1v) is 28.3. The van der Waals surface area contributed by atoms with Crippen molar-refractivity contribution in [2.75, 3.05) is 13.2 Å². The van der Waals surface area contributed by atoms with Crippen LogP contribution in [0.2, 0.25) is 0 Å². The van der Waals surface area contributed by atoms with Crippen molar-refractivity contribution < 1.29 is 28.6 Å². The maximum Gasteiger partial charge on any atom is 0.306 e. The van der Waals surface area contributed by atoms with E-state index in [0.717, 1.165) is 89.9 Å². The Bertz CT molecular complexity index is 1200. The highest BCUT2D eigenvalue weighted by Gasteiger charge is 2.19. The molecule has 0 aliphatic rings. The van der Waals surface area contributed by atoms with E-state index in [2.05, 4.69) is 81.5 Å². The Labute approximate surface area is 409 Å². The first-order chi connectivity index (χ1) is 32.5. The molecule has 6 heteroatoms. The molecule has 6 nitrogen and oxygen atoms in total. The third-order valence-corrected chi connectivity index (χ3v) is 12.3. The zero-order valence-electron chi connectivity index (χ0n) is 43.7. The third-order valence-electron chi connectivity index (χ3n) is 12.3. The molecule has 66 heavy (non-hydrogen) atoms. The minimum Gasteiger partial charge on any atom is -0.462 e. The summed E-state index contributed by atoms with van der Waals surface area (Å²) in [4.78, 5) is 38.0. The van der Waals surface area contributed by atoms with Crippen LogP contribution in [0.4, 0.5) is 0 Å². The Morgan fingerprint density at radius 3 is 0.939 bits per heavy atom. The number of ether oxygens (including phenoxy) is 3. The molecule has 0 amide bonds. The SMILES string of the molecule is CC/C=C\C/C=C\C/C=C\C/C=C\CCCCCCCCCCC(=O)OCC(COC(=O)CCCCCCCCCC)OC(=O)CCCCCCCCCCC/C=C\CCCCCCCC. The van der Waals surface area contributed by atoms with Gasteiger partial charge in [-0.1, -0.05) is 242 Å². The highest BCUT2D eigenvalue weighted by molar-refractivity contribution is 5.71. The Morgan fingerprint density at radius 1 is 0.318 bits per heavy atom. The van der Waals surface area contributed by atoms with Crippen molar-refractivity contribution in [2.24, 2.45) is 0 Å². The summed E-state index contributed by atoms with van der Waals surface area (Å²) in [6, 6.07) is 0. The first kappa shape index (κ1) is 63.1. The van der Waals surface area contributed by atoms with Crippen LogP contribution in [0.5, 0.6) is 0 Å². The average molecular weight is 924 g/mol. The van der Waals surface area contributed by atoms with Crippen LogP contribution in [-0.2, 0) is 28.6 Å². The van der Waals surface area contributed by atoms with Gasteiger partial charge in [-0.2, -0.15) is 0 Å². The van der Waals surface area contributed by atoms with Crippen molar-refractivity contribution in [3.05, 3.63) is 60.8 Å². The van der Waals surface area contributed by atoms with Gasteiger partial charge in [-0.05, 0) is 83.5 Å². The summed E-state index contributed by atoms with van der Waals surface area (Å²) in [5, 5.41) is 0. The number of esters is 3. The van der Waals surface area contributed by atoms with Crippen molar-refractivity contribution in [2.45, 2.75) is 290 Å². The second kappa shape index (κ2) is 54.7. The molecule has 1 unspecified atom stereocenters. The minimum absolute atomic E-state index is 0.0756. The number of carbonyl (C=O) groups excluding carboxylic acids is 3. The Kier molecular flexibility index (Phi) is 52.3. The fraction of sp³-hybridized carbons (Fsp3) is 0.783. The number of hydrogen-bond acceptors (Lipinski definition) is 6. The van der Waals surface area contributed by atoms with E-state index in [9.17, 15) is 14.4 Å². The molecule has 0 heterocycles. The van der Waals surface area contributed by atoms with E-state index in [1.165, 1.54) is 154 Å². The van der Waals surface area contributed by atoms with Gasteiger partial charge < -0.3 is 14.2 Å². The second-order valence-corrected chi connectivity index (χ2v) is 18.8. The van der Waals surface area contributed by atoms with Crippen LogP contribution in [0.15, 0.2) is 60.8 Å². The maximum atomic E-state index is 12.8. The lowest BCUT2D eigenvalue weighted by atomic mass is 10.1. The number of carbonyl (C=O) groups is 3. The summed E-state index contributed by atoms with van der Waals surface area (Å²) >= 11 is 0. The van der Waals surface area contributed by atoms with Gasteiger partial charge in [-0.15, -0.1) is 0 Å². The zero-order chi connectivity index (χ0) is 47.9. The lowest BCUT2D eigenvalue weighted by Gasteiger charge is -2.18. The van der Waals surface area contributed by atoms with Crippen molar-refractivity contribution in [1.82, 2.24) is 0 Å². The summed E-state index contributed by atoms with van der Waals surface area (Å²) in [6.07, 6.45) is 67.9. The molecule has 0 rings (SSSR count). The van der Waals surface area contributed by atoms with Gasteiger partial charge >= 0.3 is 17.9 Å². The normalized spacial score (nSPS) is 12.5. The van der Waals surface area contributed by atoms with Crippen LogP contribution in [0.1, 0.15) is 284 Å². The van der Waals surface area contributed by atoms with Gasteiger partial charge in [0.1, 0.15) is 13.2 Å². The van der Waals surface area contributed by atoms with Crippen LogP contribution in [0.25, 0.3) is 0 Å². The summed E-state index contributed by atoms with van der Waals surface area (Å²) < 4.78 is 16.8. The van der Waals surface area contributed by atoms with E-state index in [0.29, 0.717) is 19.3 Å². The van der Waals surface area contributed by atoms with Gasteiger partial charge in [0.25, 0.3) is 0 Å². The van der Waals surface area contributed by atoms with Crippen molar-refractivity contribution in [3.63, 3.8) is 0 Å². The number of unbranched alkanes of at least 4 members (excludes halogenated alkanes) is 30. The molecule has 0 fully saturated rings. The number of hydrogen-bond donors (Lipinski definition) is 0. The average Bonchev–Trinajstić information content (AvgIpc) is 3.31. The topological polar surface area (TPSA) is 78.9 Å². The van der Waals surface area contributed by atoms with E-state index in [4.69, 9.17) is 14.2 Å². The fourth-order valence-electron chi connectivity index (χ4n) is 8.02. The van der Waals surface area contributed by atoms with Gasteiger partial charge in [0.2, 0.25) is 0 Å². The molecule has 0 aliphatic heterocycles. The maximum absolute atomic E-state index is 12.8. The Balaban J connectivity index is 4.25. The molecule has 0 radical (unpaired) electrons. The number of allylic oxidation sites excluding steroid dienone is 10. The van der Waals surface area contributed by atoms with E-state index >= 15 is 0 Å². The molecule has 0 aromatic rings. The second-order valence-electron chi connectivity index (χ2n) is 18.8. The number of rotatable bonds is 51. The van der Waals surface area contributed by atoms with E-state index in [-0.39, 0.29) is 31.1 Å². The van der Waals surface area contributed by atoms with E-state index in [1.54, 1.807) is 0 Å². The fourth-order valence-corrected chi connectivity index (χ4v) is 8.02. The molecule has 0 saturated heterocycles. The molecule has 0 aliphatic carbocycles. The first-order valence-electron chi connectivity index (χ1n) is 28.3. The monoisotopic (exact) mass is 923 g/mol. The van der Waals surface area contributed by atoms with Gasteiger partial charge in [-0.25, -0.2) is 0 Å². The molecule has 1 atom stereocenters. The van der Waals surface area contributed by atoms with Gasteiger partial charge in [0.05, 0.1) is 0 Å². The zero-order valence-corrected chi connectivity index (χ0v) is 43.7. The van der Waals surface area contributed by atoms with Gasteiger partial charge in [0, 0.05) is 19.3 Å². The summed E-state index contributed by atoms with van der Waals surface area (Å²) in [5.74, 6) is -0.881. The van der Waals surface area contributed by atoms with Crippen molar-refractivity contribution >= 4 is 17.9 Å². The van der Waals surface area contributed by atoms with Crippen LogP contribution in [-0.4, -0.2) is 37.2 Å². The molecule has 0 aromatic heterocycles. The molecular formula is C60H106O6. The Hall–Kier alpha value is -2.89. The van der Waals surface area contributed by atoms with Crippen LogP contribution in [0.3, 0.4) is 0 Å². The highest BCUT2D eigenvalue weighted by Crippen LogP contribution is 2.15. The summed E-state index contributed by atoms with van der Waals surface area (Å²) in [6.45, 7) is 6.51. The highest BCUT2D eigenvalue weighted by atomic mass is 16.6. The lowest BCUT2D eigenvalue weighted by Crippen LogP contribution is -2.30. The predicted molar refractivity (Wildman–Crippen MR) is 284 cm³/mol. The lowest BCUT2D eigenvalue weighted by molar-refractivity contribution is -0.167. The van der Waals surface area contributed by atoms with Crippen LogP contribution < -0.4 is 0 Å². The van der Waals surface area contributed by atoms with Crippen LogP contribution >= 0.6 is 0 Å². The molecule has 0 spiro atoms. The van der Waals surface area contributed by atoms with Crippen LogP contribution in [0, 0.1) is 0 Å². The predicted octanol–water partition coefficient (Wildman–Crippen LogP) is 18.8. The molecule has 0 N–H and O–H groups in total. The molecule has 382 valence electrons. The molecule has 0 bridgehead atoms. The van der Waals surface area contributed by atoms with Gasteiger partial charge in [-0.3, -0.25) is 14.4 Å². The Morgan fingerprint density at radius 2 is 0.591 bits per heavy atom. The molecule has 0 aromatic carbocycles. The molecule has 0 saturated carbocycles. The minimum atomic E-state index is -0.775. The van der Waals surface area contributed by atoms with Crippen molar-refractivity contribution in [3.8, 4) is 0 Å². The summed E-state index contributed by atoms with van der Waals surface area (Å²) in [5.41, 5.74) is 0. The van der Waals surface area contributed by atoms with E-state index < -0.39 is 6.10 Å². The smallest absolute Gasteiger partial charge is 0.306 e. The largest absolute Gasteiger partial charge is 0.462 e. The quantitative estimate of drug-likeness (QED) is 0.0262. The van der Waals surface area contributed by atoms with Gasteiger partial charge in [0.15, 0.2) is 6.10 Å².